The predicted molar refractivity (Wildman–Crippen MR) is 80.8 cm³/mol. The first-order valence-corrected chi connectivity index (χ1v) is 7.72. The molecule has 1 aliphatic rings. The molecule has 0 radical (unpaired) electrons. The highest BCUT2D eigenvalue weighted by molar-refractivity contribution is 8.15. The maximum atomic E-state index is 7.57. The summed E-state index contributed by atoms with van der Waals surface area (Å²) in [5, 5.41) is 9.76. The molecule has 0 spiro atoms. The molecule has 3 rings (SSSR count). The molecule has 2 heterocycles. The van der Waals surface area contributed by atoms with Crippen LogP contribution in [0, 0.1) is 0 Å². The molecule has 3 nitrogen and oxygen atoms in total. The molecule has 0 saturated carbocycles. The van der Waals surface area contributed by atoms with E-state index < -0.39 is 0 Å². The van der Waals surface area contributed by atoms with Crippen molar-refractivity contribution in [1.29, 1.82) is 0 Å². The second-order valence-corrected chi connectivity index (χ2v) is 5.94. The minimum atomic E-state index is 0.250. The summed E-state index contributed by atoms with van der Waals surface area (Å²) in [6.07, 6.45) is 0. The van der Waals surface area contributed by atoms with Crippen molar-refractivity contribution >= 4 is 38.4 Å². The van der Waals surface area contributed by atoms with Gasteiger partial charge < -0.3 is 5.11 Å². The summed E-state index contributed by atoms with van der Waals surface area (Å²) in [4.78, 5) is 9.18. The number of hydrogen-bond donors (Lipinski definition) is 1. The molecular weight excluding hydrogens is 264 g/mol. The quantitative estimate of drug-likeness (QED) is 0.872. The van der Waals surface area contributed by atoms with E-state index in [0.29, 0.717) is 6.04 Å². The largest absolute Gasteiger partial charge is 0.397 e. The molecule has 1 atom stereocenters. The lowest BCUT2D eigenvalue weighted by atomic mass is 10.3. The Balaban J connectivity index is 0.000000367. The standard InChI is InChI=1S/C11H10N2S2.C2H6O/c1-7-6-14-10(12-7)11-13-8-4-2-3-5-9(8)15-11;1-2-3/h2-5,7H,6H2,1H3;3H,2H2,1H3. The van der Waals surface area contributed by atoms with Crippen molar-refractivity contribution in [2.75, 3.05) is 12.4 Å². The number of hydrogen-bond acceptors (Lipinski definition) is 5. The Labute approximate surface area is 115 Å². The number of aliphatic hydroxyl groups excluding tert-OH is 1. The van der Waals surface area contributed by atoms with E-state index in [1.54, 1.807) is 18.3 Å². The van der Waals surface area contributed by atoms with E-state index >= 15 is 0 Å². The molecule has 0 fully saturated rings. The van der Waals surface area contributed by atoms with Crippen molar-refractivity contribution in [2.45, 2.75) is 19.9 Å². The first kappa shape index (κ1) is 13.5. The second kappa shape index (κ2) is 6.31. The molecule has 0 aliphatic carbocycles. The van der Waals surface area contributed by atoms with Crippen LogP contribution in [-0.2, 0) is 0 Å². The van der Waals surface area contributed by atoms with Crippen LogP contribution in [-0.4, -0.2) is 33.5 Å². The highest BCUT2D eigenvalue weighted by Gasteiger charge is 2.18. The summed E-state index contributed by atoms with van der Waals surface area (Å²) in [6, 6.07) is 8.69. The molecule has 0 amide bonds. The Kier molecular flexibility index (Phi) is 4.74. The van der Waals surface area contributed by atoms with E-state index in [4.69, 9.17) is 5.11 Å². The van der Waals surface area contributed by atoms with E-state index in [9.17, 15) is 0 Å². The molecule has 5 heteroatoms. The van der Waals surface area contributed by atoms with Crippen LogP contribution in [0.5, 0.6) is 0 Å². The molecule has 0 bridgehead atoms. The van der Waals surface area contributed by atoms with E-state index in [-0.39, 0.29) is 6.61 Å². The summed E-state index contributed by atoms with van der Waals surface area (Å²) >= 11 is 3.55. The van der Waals surface area contributed by atoms with Crippen LogP contribution in [0.4, 0.5) is 0 Å². The normalized spacial score (nSPS) is 18.4. The third kappa shape index (κ3) is 3.10. The lowest BCUT2D eigenvalue weighted by Gasteiger charge is -1.89. The Morgan fingerprint density at radius 1 is 1.39 bits per heavy atom. The van der Waals surface area contributed by atoms with Gasteiger partial charge in [0, 0.05) is 12.4 Å². The molecular formula is C13H16N2OS2. The molecule has 1 aromatic heterocycles. The average Bonchev–Trinajstić information content (AvgIpc) is 2.95. The molecule has 1 unspecified atom stereocenters. The predicted octanol–water partition coefficient (Wildman–Crippen LogP) is 3.18. The third-order valence-electron chi connectivity index (χ3n) is 2.28. The molecule has 1 N–H and O–H groups in total. The highest BCUT2D eigenvalue weighted by Crippen LogP contribution is 2.29. The van der Waals surface area contributed by atoms with Crippen LogP contribution in [0.3, 0.4) is 0 Å². The number of aromatic nitrogens is 1. The fourth-order valence-electron chi connectivity index (χ4n) is 1.55. The van der Waals surface area contributed by atoms with Crippen LogP contribution in [0.1, 0.15) is 18.9 Å². The smallest absolute Gasteiger partial charge is 0.149 e. The van der Waals surface area contributed by atoms with E-state index in [1.807, 2.05) is 17.8 Å². The SMILES string of the molecule is CC1CSC(c2nc3ccccc3s2)=N1.CCO. The van der Waals surface area contributed by atoms with Crippen molar-refractivity contribution < 1.29 is 5.11 Å². The number of aliphatic imine (C=N–C) groups is 1. The van der Waals surface area contributed by atoms with Crippen LogP contribution in [0.2, 0.25) is 0 Å². The van der Waals surface area contributed by atoms with Crippen LogP contribution < -0.4 is 0 Å². The van der Waals surface area contributed by atoms with E-state index in [0.717, 1.165) is 21.3 Å². The molecule has 96 valence electrons. The molecule has 1 aliphatic heterocycles. The zero-order chi connectivity index (χ0) is 13.0. The molecule has 2 aromatic rings. The maximum Gasteiger partial charge on any atom is 0.149 e. The number of para-hydroxylation sites is 1. The summed E-state index contributed by atoms with van der Waals surface area (Å²) < 4.78 is 1.25. The number of rotatable bonds is 1. The second-order valence-electron chi connectivity index (χ2n) is 3.90. The van der Waals surface area contributed by atoms with Crippen LogP contribution in [0.15, 0.2) is 29.3 Å². The topological polar surface area (TPSA) is 45.5 Å². The zero-order valence-electron chi connectivity index (χ0n) is 10.5. The number of fused-ring (bicyclic) bond motifs is 1. The molecule has 0 saturated heterocycles. The van der Waals surface area contributed by atoms with Gasteiger partial charge in [0.1, 0.15) is 10.1 Å². The van der Waals surface area contributed by atoms with Crippen molar-refractivity contribution in [3.63, 3.8) is 0 Å². The Bertz CT molecular complexity index is 518. The van der Waals surface area contributed by atoms with Gasteiger partial charge in [-0.2, -0.15) is 0 Å². The first-order chi connectivity index (χ1) is 8.74. The van der Waals surface area contributed by atoms with E-state index in [2.05, 4.69) is 35.1 Å². The van der Waals surface area contributed by atoms with Gasteiger partial charge in [0.05, 0.1) is 16.3 Å². The van der Waals surface area contributed by atoms with Crippen molar-refractivity contribution in [2.24, 2.45) is 4.99 Å². The summed E-state index contributed by atoms with van der Waals surface area (Å²) in [5.41, 5.74) is 1.08. The fourth-order valence-corrected chi connectivity index (χ4v) is 3.61. The maximum absolute atomic E-state index is 7.57. The van der Waals surface area contributed by atoms with Gasteiger partial charge in [-0.05, 0) is 26.0 Å². The Morgan fingerprint density at radius 2 is 2.11 bits per heavy atom. The minimum absolute atomic E-state index is 0.250. The number of aliphatic hydroxyl groups is 1. The number of thioether (sulfide) groups is 1. The number of thiazole rings is 1. The monoisotopic (exact) mass is 280 g/mol. The molecule has 18 heavy (non-hydrogen) atoms. The fraction of sp³-hybridized carbons (Fsp3) is 0.385. The lowest BCUT2D eigenvalue weighted by molar-refractivity contribution is 0.318. The van der Waals surface area contributed by atoms with Crippen LogP contribution in [0.25, 0.3) is 10.2 Å². The Morgan fingerprint density at radius 3 is 2.72 bits per heavy atom. The highest BCUT2D eigenvalue weighted by atomic mass is 32.2. The zero-order valence-corrected chi connectivity index (χ0v) is 12.1. The first-order valence-electron chi connectivity index (χ1n) is 5.92. The van der Waals surface area contributed by atoms with E-state index in [1.165, 1.54) is 4.70 Å². The van der Waals surface area contributed by atoms with Gasteiger partial charge in [0.25, 0.3) is 0 Å². The number of nitrogens with zero attached hydrogens (tertiary/aromatic N) is 2. The van der Waals surface area contributed by atoms with Gasteiger partial charge in [0.15, 0.2) is 0 Å². The average molecular weight is 280 g/mol. The summed E-state index contributed by atoms with van der Waals surface area (Å²) in [5.74, 6) is 1.09. The van der Waals surface area contributed by atoms with Gasteiger partial charge in [-0.3, -0.25) is 4.99 Å². The van der Waals surface area contributed by atoms with Crippen molar-refractivity contribution in [3.8, 4) is 0 Å². The van der Waals surface area contributed by atoms with Gasteiger partial charge in [-0.15, -0.1) is 23.1 Å². The van der Waals surface area contributed by atoms with Gasteiger partial charge in [0.2, 0.25) is 0 Å². The number of benzene rings is 1. The van der Waals surface area contributed by atoms with Gasteiger partial charge in [-0.25, -0.2) is 4.98 Å². The van der Waals surface area contributed by atoms with Gasteiger partial charge in [-0.1, -0.05) is 12.1 Å². The Hall–Kier alpha value is -0.910. The summed E-state index contributed by atoms with van der Waals surface area (Å²) in [6.45, 7) is 4.08. The lowest BCUT2D eigenvalue weighted by Crippen LogP contribution is -1.93. The van der Waals surface area contributed by atoms with Crippen molar-refractivity contribution in [1.82, 2.24) is 4.98 Å². The van der Waals surface area contributed by atoms with Gasteiger partial charge >= 0.3 is 0 Å². The summed E-state index contributed by atoms with van der Waals surface area (Å²) in [7, 11) is 0. The van der Waals surface area contributed by atoms with Crippen molar-refractivity contribution in [3.05, 3.63) is 29.3 Å². The minimum Gasteiger partial charge on any atom is -0.397 e. The molecule has 1 aromatic carbocycles. The van der Waals surface area contributed by atoms with Crippen LogP contribution >= 0.6 is 23.1 Å². The third-order valence-corrected chi connectivity index (χ3v) is 4.67.